The summed E-state index contributed by atoms with van der Waals surface area (Å²) in [7, 11) is 1.66. The first-order valence-corrected chi connectivity index (χ1v) is 7.72. The van der Waals surface area contributed by atoms with Crippen LogP contribution in [0.3, 0.4) is 0 Å². The zero-order valence-corrected chi connectivity index (χ0v) is 13.5. The monoisotopic (exact) mass is 360 g/mol. The van der Waals surface area contributed by atoms with Gasteiger partial charge in [-0.15, -0.1) is 11.3 Å². The molecule has 0 aliphatic heterocycles. The average Bonchev–Trinajstić information content (AvgIpc) is 2.86. The second-order valence-electron chi connectivity index (χ2n) is 4.01. The van der Waals surface area contributed by atoms with Crippen LogP contribution in [-0.4, -0.2) is 7.11 Å². The number of nitrogens with two attached hydrogens (primary N) is 1. The predicted molar refractivity (Wildman–Crippen MR) is 83.8 cm³/mol. The third-order valence-electron chi connectivity index (χ3n) is 2.83. The van der Waals surface area contributed by atoms with Gasteiger partial charge in [0.25, 0.3) is 0 Å². The Labute approximate surface area is 129 Å². The first kappa shape index (κ1) is 14.8. The van der Waals surface area contributed by atoms with Crippen LogP contribution in [0.4, 0.5) is 0 Å². The molecule has 1 heterocycles. The molecule has 2 aromatic rings. The SMILES string of the molecule is COc1ccsc1C(Cc1ccc(Br)cc1Cl)NN. The number of hydrazine groups is 1. The molecule has 0 saturated carbocycles. The average molecular weight is 362 g/mol. The van der Waals surface area contributed by atoms with Crippen LogP contribution in [0.25, 0.3) is 0 Å². The molecule has 0 aliphatic rings. The minimum absolute atomic E-state index is 0.0198. The van der Waals surface area contributed by atoms with Crippen molar-refractivity contribution >= 4 is 38.9 Å². The molecule has 0 fully saturated rings. The van der Waals surface area contributed by atoms with Gasteiger partial charge in [0.2, 0.25) is 0 Å². The highest BCUT2D eigenvalue weighted by atomic mass is 79.9. The fraction of sp³-hybridized carbons (Fsp3) is 0.231. The van der Waals surface area contributed by atoms with Crippen LogP contribution < -0.4 is 16.0 Å². The van der Waals surface area contributed by atoms with Gasteiger partial charge in [-0.2, -0.15) is 0 Å². The summed E-state index contributed by atoms with van der Waals surface area (Å²) in [5, 5.41) is 2.71. The lowest BCUT2D eigenvalue weighted by Gasteiger charge is -2.17. The first-order valence-electron chi connectivity index (χ1n) is 5.67. The van der Waals surface area contributed by atoms with Crippen molar-refractivity contribution in [3.05, 3.63) is 49.6 Å². The van der Waals surface area contributed by atoms with Crippen LogP contribution in [-0.2, 0) is 6.42 Å². The quantitative estimate of drug-likeness (QED) is 0.627. The van der Waals surface area contributed by atoms with Crippen molar-refractivity contribution in [2.45, 2.75) is 12.5 Å². The summed E-state index contributed by atoms with van der Waals surface area (Å²) >= 11 is 11.3. The number of hydrogen-bond acceptors (Lipinski definition) is 4. The smallest absolute Gasteiger partial charge is 0.134 e. The summed E-state index contributed by atoms with van der Waals surface area (Å²) in [6.45, 7) is 0. The van der Waals surface area contributed by atoms with Gasteiger partial charge in [0.1, 0.15) is 5.75 Å². The fourth-order valence-corrected chi connectivity index (χ4v) is 3.54. The topological polar surface area (TPSA) is 47.3 Å². The van der Waals surface area contributed by atoms with Gasteiger partial charge in [0.05, 0.1) is 18.0 Å². The van der Waals surface area contributed by atoms with Crippen LogP contribution in [0.1, 0.15) is 16.5 Å². The number of halogens is 2. The number of nitrogens with one attached hydrogen (secondary N) is 1. The highest BCUT2D eigenvalue weighted by Crippen LogP contribution is 2.34. The summed E-state index contributed by atoms with van der Waals surface area (Å²) in [6.07, 6.45) is 0.708. The molecule has 1 aromatic carbocycles. The Balaban J connectivity index is 2.24. The summed E-state index contributed by atoms with van der Waals surface area (Å²) in [5.41, 5.74) is 3.87. The Morgan fingerprint density at radius 1 is 1.47 bits per heavy atom. The van der Waals surface area contributed by atoms with Crippen LogP contribution in [0.5, 0.6) is 5.75 Å². The van der Waals surface area contributed by atoms with E-state index in [1.165, 1.54) is 0 Å². The lowest BCUT2D eigenvalue weighted by molar-refractivity contribution is 0.403. The van der Waals surface area contributed by atoms with Gasteiger partial charge in [-0.3, -0.25) is 11.3 Å². The van der Waals surface area contributed by atoms with Crippen molar-refractivity contribution in [2.24, 2.45) is 5.84 Å². The van der Waals surface area contributed by atoms with Crippen molar-refractivity contribution in [1.82, 2.24) is 5.43 Å². The standard InChI is InChI=1S/C13H14BrClN2OS/c1-18-12-4-5-19-13(12)11(17-16)6-8-2-3-9(14)7-10(8)15/h2-5,7,11,17H,6,16H2,1H3. The molecule has 0 amide bonds. The van der Waals surface area contributed by atoms with Crippen molar-refractivity contribution in [1.29, 1.82) is 0 Å². The minimum atomic E-state index is -0.0198. The largest absolute Gasteiger partial charge is 0.496 e. The van der Waals surface area contributed by atoms with Crippen LogP contribution in [0, 0.1) is 0 Å². The summed E-state index contributed by atoms with van der Waals surface area (Å²) < 4.78 is 6.29. The molecule has 6 heteroatoms. The van der Waals surface area contributed by atoms with Gasteiger partial charge in [0, 0.05) is 9.50 Å². The molecular weight excluding hydrogens is 348 g/mol. The molecular formula is C13H14BrClN2OS. The third kappa shape index (κ3) is 3.49. The molecule has 3 nitrogen and oxygen atoms in total. The van der Waals surface area contributed by atoms with Gasteiger partial charge in [-0.1, -0.05) is 33.6 Å². The molecule has 3 N–H and O–H groups in total. The second-order valence-corrected chi connectivity index (χ2v) is 6.28. The van der Waals surface area contributed by atoms with E-state index in [0.717, 1.165) is 25.7 Å². The highest BCUT2D eigenvalue weighted by molar-refractivity contribution is 9.10. The van der Waals surface area contributed by atoms with Gasteiger partial charge in [0.15, 0.2) is 0 Å². The number of thiophene rings is 1. The van der Waals surface area contributed by atoms with Crippen molar-refractivity contribution in [2.75, 3.05) is 7.11 Å². The van der Waals surface area contributed by atoms with E-state index in [1.54, 1.807) is 18.4 Å². The summed E-state index contributed by atoms with van der Waals surface area (Å²) in [5.74, 6) is 6.51. The fourth-order valence-electron chi connectivity index (χ4n) is 1.87. The molecule has 2 rings (SSSR count). The maximum atomic E-state index is 6.24. The number of rotatable bonds is 5. The van der Waals surface area contributed by atoms with E-state index in [4.69, 9.17) is 22.2 Å². The van der Waals surface area contributed by atoms with Gasteiger partial charge in [-0.05, 0) is 35.6 Å². The van der Waals surface area contributed by atoms with E-state index in [9.17, 15) is 0 Å². The molecule has 19 heavy (non-hydrogen) atoms. The number of methoxy groups -OCH3 is 1. The van der Waals surface area contributed by atoms with Crippen LogP contribution in [0.15, 0.2) is 34.1 Å². The molecule has 0 spiro atoms. The lowest BCUT2D eigenvalue weighted by Crippen LogP contribution is -2.29. The van der Waals surface area contributed by atoms with E-state index in [2.05, 4.69) is 21.4 Å². The first-order chi connectivity index (χ1) is 9.15. The van der Waals surface area contributed by atoms with E-state index < -0.39 is 0 Å². The molecule has 1 atom stereocenters. The van der Waals surface area contributed by atoms with Crippen LogP contribution in [0.2, 0.25) is 5.02 Å². The number of ether oxygens (including phenoxy) is 1. The summed E-state index contributed by atoms with van der Waals surface area (Å²) in [4.78, 5) is 1.07. The molecule has 0 aliphatic carbocycles. The van der Waals surface area contributed by atoms with Gasteiger partial charge >= 0.3 is 0 Å². The Hall–Kier alpha value is -0.590. The summed E-state index contributed by atoms with van der Waals surface area (Å²) in [6, 6.07) is 7.77. The van der Waals surface area contributed by atoms with Crippen LogP contribution >= 0.6 is 38.9 Å². The van der Waals surface area contributed by atoms with E-state index in [-0.39, 0.29) is 6.04 Å². The Morgan fingerprint density at radius 3 is 2.89 bits per heavy atom. The minimum Gasteiger partial charge on any atom is -0.496 e. The van der Waals surface area contributed by atoms with Crippen molar-refractivity contribution in [3.63, 3.8) is 0 Å². The zero-order chi connectivity index (χ0) is 13.8. The highest BCUT2D eigenvalue weighted by Gasteiger charge is 2.18. The Morgan fingerprint density at radius 2 is 2.26 bits per heavy atom. The Kier molecular flexibility index (Phi) is 5.24. The maximum Gasteiger partial charge on any atom is 0.134 e. The normalized spacial score (nSPS) is 12.4. The molecule has 1 aromatic heterocycles. The van der Waals surface area contributed by atoms with E-state index in [1.807, 2.05) is 29.6 Å². The van der Waals surface area contributed by atoms with E-state index >= 15 is 0 Å². The Bertz CT molecular complexity index is 561. The van der Waals surface area contributed by atoms with Gasteiger partial charge in [-0.25, -0.2) is 0 Å². The lowest BCUT2D eigenvalue weighted by atomic mass is 10.0. The molecule has 0 radical (unpaired) electrons. The zero-order valence-electron chi connectivity index (χ0n) is 10.3. The number of benzene rings is 1. The predicted octanol–water partition coefficient (Wildman–Crippen LogP) is 3.92. The maximum absolute atomic E-state index is 6.24. The second kappa shape index (κ2) is 6.72. The van der Waals surface area contributed by atoms with Crippen molar-refractivity contribution in [3.8, 4) is 5.75 Å². The van der Waals surface area contributed by atoms with Gasteiger partial charge < -0.3 is 4.74 Å². The molecule has 102 valence electrons. The van der Waals surface area contributed by atoms with Crippen molar-refractivity contribution < 1.29 is 4.74 Å². The third-order valence-corrected chi connectivity index (χ3v) is 4.69. The molecule has 0 bridgehead atoms. The molecule has 0 saturated heterocycles. The van der Waals surface area contributed by atoms with E-state index in [0.29, 0.717) is 6.42 Å². The number of hydrogen-bond donors (Lipinski definition) is 2. The molecule has 1 unspecified atom stereocenters.